The van der Waals surface area contributed by atoms with Crippen LogP contribution in [0.2, 0.25) is 0 Å². The molecule has 1 aromatic heterocycles. The number of aliphatic imine (C=N–C) groups is 1. The summed E-state index contributed by atoms with van der Waals surface area (Å²) in [6, 6.07) is 3.82. The Kier molecular flexibility index (Phi) is 6.61. The lowest BCUT2D eigenvalue weighted by Crippen LogP contribution is -2.53. The van der Waals surface area contributed by atoms with Crippen LogP contribution in [0.5, 0.6) is 0 Å². The number of guanidine groups is 1. The summed E-state index contributed by atoms with van der Waals surface area (Å²) in [5, 5.41) is 3.36. The van der Waals surface area contributed by atoms with E-state index in [4.69, 9.17) is 0 Å². The van der Waals surface area contributed by atoms with Gasteiger partial charge in [0.1, 0.15) is 17.5 Å². The molecular weight excluding hydrogens is 362 g/mol. The predicted octanol–water partition coefficient (Wildman–Crippen LogP) is 2.54. The first-order chi connectivity index (χ1) is 13.5. The van der Waals surface area contributed by atoms with Crippen molar-refractivity contribution in [1.82, 2.24) is 24.7 Å². The number of aryl methyl sites for hydroxylation is 1. The second-order valence-corrected chi connectivity index (χ2v) is 6.97. The number of hydrogen-bond acceptors (Lipinski definition) is 3. The van der Waals surface area contributed by atoms with Crippen molar-refractivity contribution in [2.45, 2.75) is 25.9 Å². The Morgan fingerprint density at radius 1 is 1.25 bits per heavy atom. The molecule has 2 heterocycles. The molecule has 0 bridgehead atoms. The Hall–Kier alpha value is -2.48. The van der Waals surface area contributed by atoms with Gasteiger partial charge in [0.05, 0.1) is 6.54 Å². The van der Waals surface area contributed by atoms with Crippen LogP contribution < -0.4 is 5.32 Å². The highest BCUT2D eigenvalue weighted by Crippen LogP contribution is 2.28. The van der Waals surface area contributed by atoms with Crippen molar-refractivity contribution >= 4 is 5.96 Å². The fourth-order valence-corrected chi connectivity index (χ4v) is 3.75. The third kappa shape index (κ3) is 4.49. The maximum Gasteiger partial charge on any atom is 0.194 e. The number of hydrogen-bond donors (Lipinski definition) is 1. The van der Waals surface area contributed by atoms with E-state index in [-0.39, 0.29) is 6.04 Å². The van der Waals surface area contributed by atoms with Crippen molar-refractivity contribution in [3.05, 3.63) is 53.6 Å². The number of nitrogens with zero attached hydrogens (tertiary/aromatic N) is 5. The Morgan fingerprint density at radius 3 is 2.57 bits per heavy atom. The Balaban J connectivity index is 1.59. The Morgan fingerprint density at radius 2 is 2.00 bits per heavy atom. The minimum Gasteiger partial charge on any atom is -0.349 e. The maximum atomic E-state index is 14.3. The number of imidazole rings is 1. The molecule has 1 N–H and O–H groups in total. The molecule has 0 amide bonds. The lowest BCUT2D eigenvalue weighted by Gasteiger charge is -2.40. The van der Waals surface area contributed by atoms with Crippen LogP contribution in [0.4, 0.5) is 8.78 Å². The van der Waals surface area contributed by atoms with Gasteiger partial charge in [-0.05, 0) is 12.5 Å². The third-order valence-corrected chi connectivity index (χ3v) is 5.30. The van der Waals surface area contributed by atoms with Gasteiger partial charge in [0.2, 0.25) is 0 Å². The van der Waals surface area contributed by atoms with E-state index in [2.05, 4.69) is 25.1 Å². The van der Waals surface area contributed by atoms with Crippen LogP contribution in [-0.2, 0) is 13.6 Å². The molecular formula is C20H28F2N6. The van der Waals surface area contributed by atoms with E-state index < -0.39 is 11.6 Å². The zero-order valence-corrected chi connectivity index (χ0v) is 16.7. The van der Waals surface area contributed by atoms with Gasteiger partial charge in [-0.2, -0.15) is 0 Å². The molecule has 8 heteroatoms. The van der Waals surface area contributed by atoms with Crippen LogP contribution in [0.3, 0.4) is 0 Å². The first-order valence-corrected chi connectivity index (χ1v) is 9.64. The minimum absolute atomic E-state index is 0.0507. The first kappa shape index (κ1) is 20.3. The lowest BCUT2D eigenvalue weighted by molar-refractivity contribution is 0.124. The van der Waals surface area contributed by atoms with Gasteiger partial charge in [-0.3, -0.25) is 9.89 Å². The molecule has 0 radical (unpaired) electrons. The van der Waals surface area contributed by atoms with Crippen LogP contribution in [0.15, 0.2) is 35.6 Å². The van der Waals surface area contributed by atoms with Crippen molar-refractivity contribution in [2.75, 3.05) is 33.2 Å². The van der Waals surface area contributed by atoms with E-state index in [0.717, 1.165) is 50.5 Å². The minimum atomic E-state index is -0.538. The standard InChI is InChI=1S/C20H28F2N6/c1-4-18(16-6-5-15(21)13-17(16)22)27-9-11-28(12-10-27)20(23-2)25-14-19-24-7-8-26(19)3/h5-8,13,18H,4,9-12,14H2,1-3H3,(H,23,25). The van der Waals surface area contributed by atoms with Crippen molar-refractivity contribution in [1.29, 1.82) is 0 Å². The monoisotopic (exact) mass is 390 g/mol. The van der Waals surface area contributed by atoms with Gasteiger partial charge in [-0.15, -0.1) is 0 Å². The van der Waals surface area contributed by atoms with Gasteiger partial charge >= 0.3 is 0 Å². The first-order valence-electron chi connectivity index (χ1n) is 9.64. The molecule has 1 aromatic carbocycles. The van der Waals surface area contributed by atoms with Gasteiger partial charge in [0.25, 0.3) is 0 Å². The molecule has 0 saturated carbocycles. The molecule has 3 rings (SSSR count). The topological polar surface area (TPSA) is 48.7 Å². The predicted molar refractivity (Wildman–Crippen MR) is 106 cm³/mol. The van der Waals surface area contributed by atoms with Crippen molar-refractivity contribution in [3.8, 4) is 0 Å². The molecule has 0 spiro atoms. The molecule has 1 aliphatic rings. The van der Waals surface area contributed by atoms with Gasteiger partial charge in [0, 0.05) is 70.3 Å². The summed E-state index contributed by atoms with van der Waals surface area (Å²) in [6.45, 7) is 5.80. The van der Waals surface area contributed by atoms with E-state index >= 15 is 0 Å². The van der Waals surface area contributed by atoms with Gasteiger partial charge in [-0.1, -0.05) is 13.0 Å². The molecule has 1 unspecified atom stereocenters. The van der Waals surface area contributed by atoms with Crippen LogP contribution in [0.25, 0.3) is 0 Å². The second-order valence-electron chi connectivity index (χ2n) is 6.97. The smallest absolute Gasteiger partial charge is 0.194 e. The molecule has 1 fully saturated rings. The number of nitrogens with one attached hydrogen (secondary N) is 1. The SMILES string of the molecule is CCC(c1ccc(F)cc1F)N1CCN(C(=NC)NCc2nccn2C)CC1. The van der Waals surface area contributed by atoms with E-state index in [1.807, 2.05) is 24.7 Å². The largest absolute Gasteiger partial charge is 0.349 e. The lowest BCUT2D eigenvalue weighted by atomic mass is 10.0. The van der Waals surface area contributed by atoms with Crippen molar-refractivity contribution in [3.63, 3.8) is 0 Å². The fourth-order valence-electron chi connectivity index (χ4n) is 3.75. The Bertz CT molecular complexity index is 811. The number of halogens is 2. The van der Waals surface area contributed by atoms with E-state index in [9.17, 15) is 8.78 Å². The molecule has 6 nitrogen and oxygen atoms in total. The maximum absolute atomic E-state index is 14.3. The normalized spacial score (nSPS) is 17.0. The zero-order chi connectivity index (χ0) is 20.1. The summed E-state index contributed by atoms with van der Waals surface area (Å²) in [4.78, 5) is 13.2. The van der Waals surface area contributed by atoms with Crippen LogP contribution >= 0.6 is 0 Å². The average Bonchev–Trinajstić information content (AvgIpc) is 3.10. The molecule has 0 aliphatic carbocycles. The molecule has 1 aliphatic heterocycles. The highest BCUT2D eigenvalue weighted by atomic mass is 19.1. The third-order valence-electron chi connectivity index (χ3n) is 5.30. The molecule has 1 saturated heterocycles. The summed E-state index contributed by atoms with van der Waals surface area (Å²) in [5.74, 6) is 0.770. The highest BCUT2D eigenvalue weighted by Gasteiger charge is 2.27. The molecule has 28 heavy (non-hydrogen) atoms. The summed E-state index contributed by atoms with van der Waals surface area (Å²) < 4.78 is 29.5. The van der Waals surface area contributed by atoms with E-state index in [1.165, 1.54) is 6.07 Å². The fraction of sp³-hybridized carbons (Fsp3) is 0.500. The number of benzene rings is 1. The van der Waals surface area contributed by atoms with Gasteiger partial charge in [0.15, 0.2) is 5.96 Å². The van der Waals surface area contributed by atoms with Crippen molar-refractivity contribution < 1.29 is 8.78 Å². The summed E-state index contributed by atoms with van der Waals surface area (Å²) in [6.07, 6.45) is 4.46. The number of rotatable bonds is 5. The number of aromatic nitrogens is 2. The Labute approximate surface area is 164 Å². The quantitative estimate of drug-likeness (QED) is 0.630. The van der Waals surface area contributed by atoms with Crippen LogP contribution in [0, 0.1) is 11.6 Å². The van der Waals surface area contributed by atoms with Crippen molar-refractivity contribution in [2.24, 2.45) is 12.0 Å². The second kappa shape index (κ2) is 9.14. The summed E-state index contributed by atoms with van der Waals surface area (Å²) >= 11 is 0. The van der Waals surface area contributed by atoms with Gasteiger partial charge < -0.3 is 14.8 Å². The van der Waals surface area contributed by atoms with E-state index in [0.29, 0.717) is 12.1 Å². The molecule has 1 atom stereocenters. The number of piperazine rings is 1. The van der Waals surface area contributed by atoms with Gasteiger partial charge in [-0.25, -0.2) is 13.8 Å². The van der Waals surface area contributed by atoms with Crippen LogP contribution in [-0.4, -0.2) is 58.5 Å². The van der Waals surface area contributed by atoms with Crippen LogP contribution in [0.1, 0.15) is 30.8 Å². The average molecular weight is 390 g/mol. The zero-order valence-electron chi connectivity index (χ0n) is 16.7. The summed E-state index contributed by atoms with van der Waals surface area (Å²) in [7, 11) is 3.74. The molecule has 2 aromatic rings. The molecule has 152 valence electrons. The van der Waals surface area contributed by atoms with E-state index in [1.54, 1.807) is 19.3 Å². The highest BCUT2D eigenvalue weighted by molar-refractivity contribution is 5.79. The summed E-state index contributed by atoms with van der Waals surface area (Å²) in [5.41, 5.74) is 0.564.